The maximum atomic E-state index is 9.30. The SMILES string of the molecule is CCC(N)[Si](C)(C)O. The Bertz CT molecular complexity index is 69.3. The van der Waals surface area contributed by atoms with Gasteiger partial charge in [0.1, 0.15) is 0 Å². The van der Waals surface area contributed by atoms with E-state index >= 15 is 0 Å². The van der Waals surface area contributed by atoms with Gasteiger partial charge in [0, 0.05) is 5.67 Å². The standard InChI is InChI=1S/C5H15NOSi/c1-4-5(6)8(2,3)7/h5,7H,4,6H2,1-3H3. The summed E-state index contributed by atoms with van der Waals surface area (Å²) in [5.74, 6) is 0. The summed E-state index contributed by atoms with van der Waals surface area (Å²) in [6.07, 6.45) is 0.885. The van der Waals surface area contributed by atoms with E-state index < -0.39 is 8.32 Å². The van der Waals surface area contributed by atoms with Crippen molar-refractivity contribution < 1.29 is 4.80 Å². The van der Waals surface area contributed by atoms with E-state index in [2.05, 4.69) is 0 Å². The van der Waals surface area contributed by atoms with E-state index in [-0.39, 0.29) is 5.67 Å². The molecule has 0 aliphatic rings. The molecular formula is C5H15NOSi. The highest BCUT2D eigenvalue weighted by Gasteiger charge is 2.24. The minimum Gasteiger partial charge on any atom is -0.431 e. The molecule has 0 saturated heterocycles. The van der Waals surface area contributed by atoms with Crippen LogP contribution < -0.4 is 5.73 Å². The first-order valence-corrected chi connectivity index (χ1v) is 5.99. The molecule has 0 aromatic carbocycles. The van der Waals surface area contributed by atoms with Gasteiger partial charge in [-0.25, -0.2) is 0 Å². The third-order valence-corrected chi connectivity index (χ3v) is 3.57. The smallest absolute Gasteiger partial charge is 0.198 e. The molecule has 2 nitrogen and oxygen atoms in total. The third kappa shape index (κ3) is 2.45. The molecule has 3 N–H and O–H groups in total. The van der Waals surface area contributed by atoms with Gasteiger partial charge in [-0.2, -0.15) is 0 Å². The summed E-state index contributed by atoms with van der Waals surface area (Å²) in [5.41, 5.74) is 5.61. The molecule has 1 unspecified atom stereocenters. The van der Waals surface area contributed by atoms with Crippen LogP contribution in [0.15, 0.2) is 0 Å². The van der Waals surface area contributed by atoms with Crippen molar-refractivity contribution in [1.82, 2.24) is 0 Å². The highest BCUT2D eigenvalue weighted by atomic mass is 28.4. The maximum Gasteiger partial charge on any atom is 0.198 e. The summed E-state index contributed by atoms with van der Waals surface area (Å²) >= 11 is 0. The molecule has 0 aromatic heterocycles. The summed E-state index contributed by atoms with van der Waals surface area (Å²) in [4.78, 5) is 9.30. The second-order valence-electron chi connectivity index (χ2n) is 2.67. The van der Waals surface area contributed by atoms with Crippen LogP contribution in [0.2, 0.25) is 13.1 Å². The van der Waals surface area contributed by atoms with Gasteiger partial charge in [0.15, 0.2) is 8.32 Å². The van der Waals surface area contributed by atoms with Crippen molar-refractivity contribution in [3.05, 3.63) is 0 Å². The Morgan fingerprint density at radius 3 is 2.00 bits per heavy atom. The molecule has 0 aliphatic carbocycles. The van der Waals surface area contributed by atoms with E-state index in [0.717, 1.165) is 6.42 Å². The van der Waals surface area contributed by atoms with Crippen molar-refractivity contribution in [3.8, 4) is 0 Å². The molecule has 0 radical (unpaired) electrons. The van der Waals surface area contributed by atoms with Crippen LogP contribution in [0.3, 0.4) is 0 Å². The molecule has 8 heavy (non-hydrogen) atoms. The van der Waals surface area contributed by atoms with Gasteiger partial charge in [-0.3, -0.25) is 0 Å². The normalized spacial score (nSPS) is 16.1. The van der Waals surface area contributed by atoms with Crippen LogP contribution in [0.25, 0.3) is 0 Å². The molecule has 0 fully saturated rings. The van der Waals surface area contributed by atoms with Crippen LogP contribution in [-0.2, 0) is 0 Å². The van der Waals surface area contributed by atoms with Gasteiger partial charge in [-0.05, 0) is 19.5 Å². The summed E-state index contributed by atoms with van der Waals surface area (Å²) in [5, 5.41) is 0. The highest BCUT2D eigenvalue weighted by Crippen LogP contribution is 2.03. The van der Waals surface area contributed by atoms with E-state index in [1.807, 2.05) is 20.0 Å². The Kier molecular flexibility index (Phi) is 2.66. The third-order valence-electron chi connectivity index (χ3n) is 1.35. The Morgan fingerprint density at radius 2 is 2.00 bits per heavy atom. The first kappa shape index (κ1) is 8.14. The first-order chi connectivity index (χ1) is 3.48. The number of hydrogen-bond acceptors (Lipinski definition) is 2. The lowest BCUT2D eigenvalue weighted by Gasteiger charge is -2.20. The molecule has 0 rings (SSSR count). The zero-order valence-corrected chi connectivity index (χ0v) is 6.81. The average molecular weight is 133 g/mol. The maximum absolute atomic E-state index is 9.30. The van der Waals surface area contributed by atoms with Gasteiger partial charge < -0.3 is 10.5 Å². The van der Waals surface area contributed by atoms with Crippen LogP contribution in [0, 0.1) is 0 Å². The van der Waals surface area contributed by atoms with Crippen LogP contribution >= 0.6 is 0 Å². The van der Waals surface area contributed by atoms with Crippen LogP contribution in [-0.4, -0.2) is 18.8 Å². The van der Waals surface area contributed by atoms with E-state index in [0.29, 0.717) is 0 Å². The van der Waals surface area contributed by atoms with Crippen LogP contribution in [0.4, 0.5) is 0 Å². The molecule has 0 amide bonds. The summed E-state index contributed by atoms with van der Waals surface area (Å²) in [6, 6.07) is 0. The Labute approximate surface area is 51.8 Å². The van der Waals surface area contributed by atoms with Gasteiger partial charge in [0.05, 0.1) is 0 Å². The minimum atomic E-state index is -1.98. The van der Waals surface area contributed by atoms with Gasteiger partial charge in [-0.15, -0.1) is 0 Å². The second-order valence-corrected chi connectivity index (χ2v) is 6.72. The van der Waals surface area contributed by atoms with Crippen LogP contribution in [0.1, 0.15) is 13.3 Å². The van der Waals surface area contributed by atoms with Gasteiger partial charge in [-0.1, -0.05) is 6.92 Å². The number of hydrogen-bond donors (Lipinski definition) is 2. The Balaban J connectivity index is 3.62. The molecule has 1 atom stereocenters. The summed E-state index contributed by atoms with van der Waals surface area (Å²) in [6.45, 7) is 5.72. The second kappa shape index (κ2) is 2.62. The number of rotatable bonds is 2. The van der Waals surface area contributed by atoms with Crippen molar-refractivity contribution in [2.24, 2.45) is 5.73 Å². The predicted octanol–water partition coefficient (Wildman–Crippen LogP) is 0.460. The molecular weight excluding hydrogens is 118 g/mol. The van der Waals surface area contributed by atoms with Gasteiger partial charge in [0.25, 0.3) is 0 Å². The van der Waals surface area contributed by atoms with Crippen molar-refractivity contribution >= 4 is 8.32 Å². The van der Waals surface area contributed by atoms with Gasteiger partial charge >= 0.3 is 0 Å². The topological polar surface area (TPSA) is 46.2 Å². The largest absolute Gasteiger partial charge is 0.431 e. The van der Waals surface area contributed by atoms with E-state index in [9.17, 15) is 4.80 Å². The van der Waals surface area contributed by atoms with E-state index in [1.54, 1.807) is 0 Å². The molecule has 0 spiro atoms. The average Bonchev–Trinajstić information content (AvgIpc) is 1.62. The fourth-order valence-corrected chi connectivity index (χ4v) is 1.50. The molecule has 3 heteroatoms. The van der Waals surface area contributed by atoms with E-state index in [1.165, 1.54) is 0 Å². The first-order valence-electron chi connectivity index (χ1n) is 2.96. The zero-order valence-electron chi connectivity index (χ0n) is 5.81. The highest BCUT2D eigenvalue weighted by molar-refractivity contribution is 6.71. The van der Waals surface area contributed by atoms with E-state index in [4.69, 9.17) is 5.73 Å². The van der Waals surface area contributed by atoms with Crippen molar-refractivity contribution in [1.29, 1.82) is 0 Å². The van der Waals surface area contributed by atoms with Crippen molar-refractivity contribution in [3.63, 3.8) is 0 Å². The lowest BCUT2D eigenvalue weighted by Crippen LogP contribution is -2.47. The van der Waals surface area contributed by atoms with Gasteiger partial charge in [0.2, 0.25) is 0 Å². The lowest BCUT2D eigenvalue weighted by molar-refractivity contribution is 0.519. The molecule has 0 aromatic rings. The molecule has 0 saturated carbocycles. The van der Waals surface area contributed by atoms with Crippen molar-refractivity contribution in [2.75, 3.05) is 0 Å². The van der Waals surface area contributed by atoms with Crippen LogP contribution in [0.5, 0.6) is 0 Å². The Hall–Kier alpha value is 0.137. The zero-order chi connectivity index (χ0) is 6.78. The lowest BCUT2D eigenvalue weighted by atomic mass is 10.5. The number of nitrogens with two attached hydrogens (primary N) is 1. The quantitative estimate of drug-likeness (QED) is 0.538. The molecule has 0 heterocycles. The fraction of sp³-hybridized carbons (Fsp3) is 1.00. The molecule has 0 aliphatic heterocycles. The Morgan fingerprint density at radius 1 is 1.62 bits per heavy atom. The minimum absolute atomic E-state index is 0.0440. The fourth-order valence-electron chi connectivity index (χ4n) is 0.500. The predicted molar refractivity (Wildman–Crippen MR) is 38.0 cm³/mol. The molecule has 50 valence electrons. The van der Waals surface area contributed by atoms with Crippen molar-refractivity contribution in [2.45, 2.75) is 32.1 Å². The summed E-state index contributed by atoms with van der Waals surface area (Å²) < 4.78 is 0. The molecule has 0 bridgehead atoms. The monoisotopic (exact) mass is 133 g/mol. The summed E-state index contributed by atoms with van der Waals surface area (Å²) in [7, 11) is -1.98.